The number of nitrogen functional groups attached to an aromatic ring is 1. The quantitative estimate of drug-likeness (QED) is 0.658. The molecule has 0 fully saturated rings. The molecule has 0 bridgehead atoms. The lowest BCUT2D eigenvalue weighted by atomic mass is 10.2. The zero-order chi connectivity index (χ0) is 15.7. The monoisotopic (exact) mass is 297 g/mol. The van der Waals surface area contributed by atoms with Gasteiger partial charge in [-0.1, -0.05) is 20.8 Å². The van der Waals surface area contributed by atoms with E-state index in [2.05, 4.69) is 33.9 Å². The zero-order valence-electron chi connectivity index (χ0n) is 12.9. The maximum atomic E-state index is 11.0. The zero-order valence-corrected chi connectivity index (χ0v) is 13.9. The lowest BCUT2D eigenvalue weighted by Crippen LogP contribution is -2.44. The van der Waals surface area contributed by atoms with E-state index in [1.807, 2.05) is 0 Å². The number of carboxylic acids is 1. The third kappa shape index (κ3) is 3.25. The van der Waals surface area contributed by atoms with Crippen molar-refractivity contribution in [1.29, 1.82) is 0 Å². The summed E-state index contributed by atoms with van der Waals surface area (Å²) in [6.07, 6.45) is 0. The van der Waals surface area contributed by atoms with E-state index in [1.165, 1.54) is 19.2 Å². The number of nitrogens with two attached hydrogens (primary N) is 1. The van der Waals surface area contributed by atoms with Crippen molar-refractivity contribution >= 4 is 20.0 Å². The largest absolute Gasteiger partial charge is 0.540 e. The molecule has 112 valence electrons. The van der Waals surface area contributed by atoms with E-state index in [-0.39, 0.29) is 16.3 Å². The predicted octanol–water partition coefficient (Wildman–Crippen LogP) is 3.36. The fraction of sp³-hybridized carbons (Fsp3) is 0.500. The van der Waals surface area contributed by atoms with Crippen LogP contribution in [-0.4, -0.2) is 26.5 Å². The first kappa shape index (κ1) is 16.4. The smallest absolute Gasteiger partial charge is 0.335 e. The Morgan fingerprint density at radius 2 is 1.85 bits per heavy atom. The Morgan fingerprint density at radius 1 is 1.30 bits per heavy atom. The van der Waals surface area contributed by atoms with Crippen LogP contribution in [0.1, 0.15) is 31.1 Å². The van der Waals surface area contributed by atoms with Crippen LogP contribution in [0.5, 0.6) is 11.5 Å². The molecule has 0 unspecified atom stereocenters. The van der Waals surface area contributed by atoms with Crippen LogP contribution in [0.4, 0.5) is 5.69 Å². The highest BCUT2D eigenvalue weighted by Gasteiger charge is 2.40. The number of aromatic carboxylic acids is 1. The van der Waals surface area contributed by atoms with E-state index in [1.54, 1.807) is 0 Å². The normalized spacial score (nSPS) is 12.1. The second-order valence-electron chi connectivity index (χ2n) is 6.26. The van der Waals surface area contributed by atoms with Crippen LogP contribution in [0, 0.1) is 0 Å². The Labute approximate surface area is 120 Å². The summed E-state index contributed by atoms with van der Waals surface area (Å²) in [5, 5.41) is 9.05. The van der Waals surface area contributed by atoms with E-state index in [9.17, 15) is 4.79 Å². The van der Waals surface area contributed by atoms with E-state index >= 15 is 0 Å². The first-order chi connectivity index (χ1) is 8.99. The van der Waals surface area contributed by atoms with Crippen LogP contribution in [0.25, 0.3) is 0 Å². The van der Waals surface area contributed by atoms with E-state index < -0.39 is 14.3 Å². The second kappa shape index (κ2) is 5.36. The van der Waals surface area contributed by atoms with Crippen molar-refractivity contribution in [2.45, 2.75) is 38.9 Å². The summed E-state index contributed by atoms with van der Waals surface area (Å²) >= 11 is 0. The average molecular weight is 297 g/mol. The number of rotatable bonds is 4. The van der Waals surface area contributed by atoms with Gasteiger partial charge >= 0.3 is 5.97 Å². The van der Waals surface area contributed by atoms with Crippen LogP contribution in [0.15, 0.2) is 12.1 Å². The molecule has 0 saturated carbocycles. The number of hydrogen-bond donors (Lipinski definition) is 2. The van der Waals surface area contributed by atoms with E-state index in [0.717, 1.165) is 0 Å². The third-order valence-electron chi connectivity index (χ3n) is 3.71. The molecule has 0 aromatic heterocycles. The Hall–Kier alpha value is -1.69. The Bertz CT molecular complexity index is 521. The van der Waals surface area contributed by atoms with Crippen molar-refractivity contribution < 1.29 is 19.1 Å². The molecule has 0 aliphatic rings. The van der Waals surface area contributed by atoms with Gasteiger partial charge in [0.1, 0.15) is 0 Å². The number of carbonyl (C=O) groups is 1. The highest BCUT2D eigenvalue weighted by Crippen LogP contribution is 2.42. The molecular formula is C14H23NO4Si. The molecule has 1 aromatic rings. The van der Waals surface area contributed by atoms with Gasteiger partial charge in [-0.3, -0.25) is 0 Å². The summed E-state index contributed by atoms with van der Waals surface area (Å²) in [7, 11) is -0.606. The first-order valence-electron chi connectivity index (χ1n) is 6.39. The molecule has 6 heteroatoms. The van der Waals surface area contributed by atoms with Gasteiger partial charge in [0.2, 0.25) is 0 Å². The lowest BCUT2D eigenvalue weighted by Gasteiger charge is -2.37. The highest BCUT2D eigenvalue weighted by molar-refractivity contribution is 6.74. The third-order valence-corrected chi connectivity index (χ3v) is 8.04. The molecule has 0 saturated heterocycles. The molecular weight excluding hydrogens is 274 g/mol. The van der Waals surface area contributed by atoms with Crippen LogP contribution in [0.2, 0.25) is 18.1 Å². The molecule has 0 aliphatic carbocycles. The van der Waals surface area contributed by atoms with Gasteiger partial charge in [0.15, 0.2) is 11.5 Å². The molecule has 3 N–H and O–H groups in total. The lowest BCUT2D eigenvalue weighted by molar-refractivity contribution is 0.0696. The first-order valence-corrected chi connectivity index (χ1v) is 9.30. The maximum absolute atomic E-state index is 11.0. The average Bonchev–Trinajstić information content (AvgIpc) is 2.29. The summed E-state index contributed by atoms with van der Waals surface area (Å²) in [6.45, 7) is 10.5. The van der Waals surface area contributed by atoms with Crippen molar-refractivity contribution in [3.8, 4) is 11.5 Å². The Balaban J connectivity index is 3.29. The van der Waals surface area contributed by atoms with Crippen molar-refractivity contribution in [3.05, 3.63) is 17.7 Å². The summed E-state index contributed by atoms with van der Waals surface area (Å²) in [5.74, 6) is -0.259. The van der Waals surface area contributed by atoms with Crippen molar-refractivity contribution in [2.75, 3.05) is 12.8 Å². The van der Waals surface area contributed by atoms with Crippen LogP contribution >= 0.6 is 0 Å². The molecule has 0 aliphatic heterocycles. The minimum Gasteiger partial charge on any atom is -0.540 e. The molecule has 20 heavy (non-hydrogen) atoms. The summed E-state index contributed by atoms with van der Waals surface area (Å²) in [5.41, 5.74) is 6.31. The number of anilines is 1. The van der Waals surface area contributed by atoms with Gasteiger partial charge in [0.25, 0.3) is 8.32 Å². The minimum atomic E-state index is -2.08. The highest BCUT2D eigenvalue weighted by atomic mass is 28.4. The Morgan fingerprint density at radius 3 is 2.25 bits per heavy atom. The van der Waals surface area contributed by atoms with E-state index in [0.29, 0.717) is 11.5 Å². The molecule has 0 atom stereocenters. The number of ether oxygens (including phenoxy) is 1. The van der Waals surface area contributed by atoms with Crippen LogP contribution < -0.4 is 14.9 Å². The van der Waals surface area contributed by atoms with Crippen molar-refractivity contribution in [1.82, 2.24) is 0 Å². The summed E-state index contributed by atoms with van der Waals surface area (Å²) < 4.78 is 11.4. The minimum absolute atomic E-state index is 0.00984. The SMILES string of the molecule is COc1cc(C(=O)O)cc(N)c1O[Si](C)(C)C(C)(C)C. The molecule has 1 rings (SSSR count). The number of methoxy groups -OCH3 is 1. The van der Waals surface area contributed by atoms with Crippen molar-refractivity contribution in [2.24, 2.45) is 0 Å². The van der Waals surface area contributed by atoms with Gasteiger partial charge in [-0.05, 0) is 30.3 Å². The number of benzene rings is 1. The van der Waals surface area contributed by atoms with Crippen molar-refractivity contribution in [3.63, 3.8) is 0 Å². The number of carboxylic acid groups (broad SMARTS) is 1. The number of hydrogen-bond acceptors (Lipinski definition) is 4. The summed E-state index contributed by atoms with van der Waals surface area (Å²) in [6, 6.07) is 2.83. The molecule has 0 radical (unpaired) electrons. The van der Waals surface area contributed by atoms with Gasteiger partial charge in [0, 0.05) is 0 Å². The topological polar surface area (TPSA) is 81.8 Å². The standard InChI is InChI=1S/C14H23NO4Si/c1-14(2,3)20(5,6)19-12-10(15)7-9(13(16)17)8-11(12)18-4/h7-8H,15H2,1-6H3,(H,16,17). The fourth-order valence-electron chi connectivity index (χ4n) is 1.42. The van der Waals surface area contributed by atoms with Gasteiger partial charge in [-0.15, -0.1) is 0 Å². The summed E-state index contributed by atoms with van der Waals surface area (Å²) in [4.78, 5) is 11.0. The van der Waals surface area contributed by atoms with Gasteiger partial charge in [-0.2, -0.15) is 0 Å². The fourth-order valence-corrected chi connectivity index (χ4v) is 2.45. The van der Waals surface area contributed by atoms with Crippen LogP contribution in [-0.2, 0) is 0 Å². The molecule has 0 heterocycles. The molecule has 1 aromatic carbocycles. The van der Waals surface area contributed by atoms with Gasteiger partial charge < -0.3 is 20.0 Å². The maximum Gasteiger partial charge on any atom is 0.335 e. The van der Waals surface area contributed by atoms with Gasteiger partial charge in [-0.25, -0.2) is 4.79 Å². The van der Waals surface area contributed by atoms with E-state index in [4.69, 9.17) is 20.0 Å². The molecule has 0 amide bonds. The molecule has 0 spiro atoms. The second-order valence-corrected chi connectivity index (χ2v) is 11.0. The molecule has 5 nitrogen and oxygen atoms in total. The van der Waals surface area contributed by atoms with Crippen LogP contribution in [0.3, 0.4) is 0 Å². The van der Waals surface area contributed by atoms with Gasteiger partial charge in [0.05, 0.1) is 18.4 Å². The Kier molecular flexibility index (Phi) is 4.38. The predicted molar refractivity (Wildman–Crippen MR) is 82.2 cm³/mol.